The Morgan fingerprint density at radius 3 is 1.86 bits per heavy atom. The molecule has 0 saturated heterocycles. The minimum atomic E-state index is -4.18. The second-order valence-electron chi connectivity index (χ2n) is 13.1. The second-order valence-corrected chi connectivity index (χ2v) is 15.0. The summed E-state index contributed by atoms with van der Waals surface area (Å²) in [5.74, 6) is 0.175. The maximum atomic E-state index is 13.4. The molecule has 0 atom stereocenters. The maximum absolute atomic E-state index is 13.4. The number of nitrogens with two attached hydrogens (primary N) is 1. The Kier molecular flexibility index (Phi) is 9.21. The van der Waals surface area contributed by atoms with Crippen molar-refractivity contribution in [3.05, 3.63) is 36.8 Å². The number of rotatable bonds is 4. The number of amides is 3. The van der Waals surface area contributed by atoms with Crippen LogP contribution in [0.4, 0.5) is 31.6 Å². The van der Waals surface area contributed by atoms with Crippen LogP contribution in [-0.2, 0) is 24.0 Å². The highest BCUT2D eigenvalue weighted by Crippen LogP contribution is 2.39. The fourth-order valence-corrected chi connectivity index (χ4v) is 5.12. The minimum absolute atomic E-state index is 0.0200. The van der Waals surface area contributed by atoms with Crippen molar-refractivity contribution in [2.75, 3.05) is 22.2 Å². The molecule has 3 amide bonds. The molecule has 2 aromatic heterocycles. The molecule has 1 aromatic carbocycles. The Morgan fingerprint density at radius 1 is 0.818 bits per heavy atom. The zero-order chi connectivity index (χ0) is 33.4. The lowest BCUT2D eigenvalue weighted by atomic mass is 10.0. The SMILES string of the molecule is CC(C)(C)OC(=O)Nc1cc(-c2cncc(N(C(=O)OC(C)(C)C)C(=O)OC(C)(C)C)c2S(C)(=O)=O)cc2cc(N)ncc12. The number of carbonyl (C=O) groups is 3. The van der Waals surface area contributed by atoms with E-state index in [-0.39, 0.29) is 28.3 Å². The number of nitrogens with zero attached hydrogens (tertiary/aromatic N) is 3. The van der Waals surface area contributed by atoms with Gasteiger partial charge in [0.25, 0.3) is 0 Å². The highest BCUT2D eigenvalue weighted by atomic mass is 32.2. The van der Waals surface area contributed by atoms with Crippen molar-refractivity contribution in [1.29, 1.82) is 0 Å². The first-order chi connectivity index (χ1) is 19.9. The van der Waals surface area contributed by atoms with Crippen LogP contribution in [0.15, 0.2) is 41.7 Å². The smallest absolute Gasteiger partial charge is 0.424 e. The van der Waals surface area contributed by atoms with Gasteiger partial charge in [0, 0.05) is 29.6 Å². The number of benzene rings is 1. The molecule has 0 spiro atoms. The van der Waals surface area contributed by atoms with Gasteiger partial charge in [-0.15, -0.1) is 0 Å². The van der Waals surface area contributed by atoms with Gasteiger partial charge >= 0.3 is 18.3 Å². The van der Waals surface area contributed by atoms with Gasteiger partial charge in [0.05, 0.1) is 17.6 Å². The quantitative estimate of drug-likeness (QED) is 0.309. The first-order valence-electron chi connectivity index (χ1n) is 13.6. The highest BCUT2D eigenvalue weighted by Gasteiger charge is 2.37. The number of fused-ring (bicyclic) bond motifs is 1. The largest absolute Gasteiger partial charge is 0.444 e. The van der Waals surface area contributed by atoms with Gasteiger partial charge < -0.3 is 19.9 Å². The molecule has 3 rings (SSSR count). The lowest BCUT2D eigenvalue weighted by molar-refractivity contribution is 0.0428. The molecule has 0 aliphatic carbocycles. The second kappa shape index (κ2) is 11.9. The third-order valence-electron chi connectivity index (χ3n) is 5.45. The molecule has 3 N–H and O–H groups in total. The van der Waals surface area contributed by atoms with Gasteiger partial charge in [-0.2, -0.15) is 4.90 Å². The summed E-state index contributed by atoms with van der Waals surface area (Å²) >= 11 is 0. The lowest BCUT2D eigenvalue weighted by Crippen LogP contribution is -2.44. The molecule has 0 unspecified atom stereocenters. The van der Waals surface area contributed by atoms with Gasteiger partial charge in [-0.3, -0.25) is 10.3 Å². The number of sulfone groups is 1. The van der Waals surface area contributed by atoms with Gasteiger partial charge in [0.1, 0.15) is 27.5 Å². The molecule has 0 bridgehead atoms. The van der Waals surface area contributed by atoms with Gasteiger partial charge in [0.2, 0.25) is 0 Å². The summed E-state index contributed by atoms with van der Waals surface area (Å²) in [5.41, 5.74) is 3.19. The molecular weight excluding hydrogens is 590 g/mol. The number of nitrogen functional groups attached to an aromatic ring is 1. The van der Waals surface area contributed by atoms with E-state index in [0.717, 1.165) is 12.5 Å². The van der Waals surface area contributed by atoms with Crippen molar-refractivity contribution in [1.82, 2.24) is 9.97 Å². The zero-order valence-corrected chi connectivity index (χ0v) is 27.4. The third kappa shape index (κ3) is 8.78. The number of ether oxygens (including phenoxy) is 3. The van der Waals surface area contributed by atoms with Gasteiger partial charge in [-0.1, -0.05) is 0 Å². The van der Waals surface area contributed by atoms with E-state index in [0.29, 0.717) is 15.7 Å². The molecule has 2 heterocycles. The average Bonchev–Trinajstić information content (AvgIpc) is 2.79. The summed E-state index contributed by atoms with van der Waals surface area (Å²) in [6, 6.07) is 4.67. The van der Waals surface area contributed by atoms with Crippen molar-refractivity contribution in [2.45, 2.75) is 84.0 Å². The number of imide groups is 1. The molecule has 238 valence electrons. The predicted molar refractivity (Wildman–Crippen MR) is 167 cm³/mol. The minimum Gasteiger partial charge on any atom is -0.444 e. The molecule has 0 aliphatic heterocycles. The predicted octanol–water partition coefficient (Wildman–Crippen LogP) is 6.31. The van der Waals surface area contributed by atoms with Gasteiger partial charge in [-0.25, -0.2) is 27.8 Å². The van der Waals surface area contributed by atoms with E-state index < -0.39 is 49.8 Å². The fourth-order valence-electron chi connectivity index (χ4n) is 4.03. The number of hydrogen-bond acceptors (Lipinski definition) is 11. The number of pyridine rings is 2. The molecule has 0 saturated carbocycles. The summed E-state index contributed by atoms with van der Waals surface area (Å²) in [4.78, 5) is 48.0. The molecule has 14 heteroatoms. The first kappa shape index (κ1) is 34.0. The van der Waals surface area contributed by atoms with E-state index in [9.17, 15) is 22.8 Å². The molecule has 0 fully saturated rings. The number of aromatic nitrogens is 2. The number of nitrogens with one attached hydrogen (secondary N) is 1. The van der Waals surface area contributed by atoms with E-state index in [1.54, 1.807) is 74.4 Å². The highest BCUT2D eigenvalue weighted by molar-refractivity contribution is 7.91. The monoisotopic (exact) mass is 629 g/mol. The van der Waals surface area contributed by atoms with Crippen LogP contribution in [0.3, 0.4) is 0 Å². The van der Waals surface area contributed by atoms with Crippen LogP contribution in [0.1, 0.15) is 62.3 Å². The standard InChI is InChI=1S/C30H39N5O8S/c1-28(2,3)41-25(36)34-21-12-17(11-18-13-23(31)33-15-19(18)21)20-14-32-16-22(24(20)44(10,39)40)35(26(37)42-29(4,5)6)27(38)43-30(7,8)9/h11-16H,1-10H3,(H2,31,33)(H,34,36). The van der Waals surface area contributed by atoms with Gasteiger partial charge in [-0.05, 0) is 91.5 Å². The summed E-state index contributed by atoms with van der Waals surface area (Å²) in [6.45, 7) is 14.7. The van der Waals surface area contributed by atoms with E-state index in [4.69, 9.17) is 19.9 Å². The van der Waals surface area contributed by atoms with Crippen LogP contribution in [-0.4, -0.2) is 59.7 Å². The molecule has 0 radical (unpaired) electrons. The van der Waals surface area contributed by atoms with Crippen LogP contribution < -0.4 is 16.0 Å². The Bertz CT molecular complexity index is 1690. The summed E-state index contributed by atoms with van der Waals surface area (Å²) < 4.78 is 43.2. The molecule has 13 nitrogen and oxygen atoms in total. The van der Waals surface area contributed by atoms with E-state index in [2.05, 4.69) is 15.3 Å². The Hall–Kier alpha value is -4.46. The maximum Gasteiger partial charge on any atom is 0.424 e. The number of anilines is 3. The normalized spacial score (nSPS) is 12.4. The van der Waals surface area contributed by atoms with Crippen LogP contribution in [0.5, 0.6) is 0 Å². The van der Waals surface area contributed by atoms with Crippen LogP contribution in [0.25, 0.3) is 21.9 Å². The van der Waals surface area contributed by atoms with E-state index >= 15 is 0 Å². The van der Waals surface area contributed by atoms with Crippen molar-refractivity contribution in [3.8, 4) is 11.1 Å². The summed E-state index contributed by atoms with van der Waals surface area (Å²) in [5, 5.41) is 3.67. The fraction of sp³-hybridized carbons (Fsp3) is 0.433. The van der Waals surface area contributed by atoms with Crippen LogP contribution >= 0.6 is 0 Å². The van der Waals surface area contributed by atoms with Gasteiger partial charge in [0.15, 0.2) is 9.84 Å². The van der Waals surface area contributed by atoms with Crippen LogP contribution in [0.2, 0.25) is 0 Å². The molecule has 44 heavy (non-hydrogen) atoms. The summed E-state index contributed by atoms with van der Waals surface area (Å²) in [7, 11) is -4.18. The van der Waals surface area contributed by atoms with E-state index in [1.165, 1.54) is 18.5 Å². The zero-order valence-electron chi connectivity index (χ0n) is 26.6. The Balaban J connectivity index is 2.35. The van der Waals surface area contributed by atoms with Crippen molar-refractivity contribution < 1.29 is 37.0 Å². The number of carbonyl (C=O) groups excluding carboxylic acids is 3. The van der Waals surface area contributed by atoms with Crippen molar-refractivity contribution in [3.63, 3.8) is 0 Å². The molecular formula is C30H39N5O8S. The topological polar surface area (TPSA) is 180 Å². The lowest BCUT2D eigenvalue weighted by Gasteiger charge is -2.29. The van der Waals surface area contributed by atoms with Crippen LogP contribution in [0, 0.1) is 0 Å². The Morgan fingerprint density at radius 2 is 1.36 bits per heavy atom. The first-order valence-corrected chi connectivity index (χ1v) is 15.5. The average molecular weight is 630 g/mol. The molecule has 3 aromatic rings. The number of hydrogen-bond donors (Lipinski definition) is 2. The molecule has 0 aliphatic rings. The van der Waals surface area contributed by atoms with Crippen molar-refractivity contribution in [2.24, 2.45) is 0 Å². The van der Waals surface area contributed by atoms with E-state index in [1.807, 2.05) is 0 Å². The third-order valence-corrected chi connectivity index (χ3v) is 6.62. The Labute approximate surface area is 257 Å². The van der Waals surface area contributed by atoms with Crippen molar-refractivity contribution >= 4 is 56.1 Å². The summed E-state index contributed by atoms with van der Waals surface area (Å²) in [6.07, 6.45) is 1.63.